The summed E-state index contributed by atoms with van der Waals surface area (Å²) in [6.07, 6.45) is -0.152. The van der Waals surface area contributed by atoms with Crippen LogP contribution in [0.25, 0.3) is 6.08 Å². The molecule has 0 bridgehead atoms. The second-order valence-corrected chi connectivity index (χ2v) is 3.35. The van der Waals surface area contributed by atoms with Gasteiger partial charge in [-0.25, -0.2) is 0 Å². The van der Waals surface area contributed by atoms with E-state index in [0.717, 1.165) is 5.56 Å². The quantitative estimate of drug-likeness (QED) is 0.712. The van der Waals surface area contributed by atoms with Gasteiger partial charge in [-0.3, -0.25) is 0 Å². The standard InChI is InChI=1S/C10H7F2NO2/c11-10(12)14-8-2-1-6-5-13-4-3-7(6)9(8)15-10/h1-4,13H,5H2. The largest absolute Gasteiger partial charge is 0.586 e. The molecule has 0 radical (unpaired) electrons. The van der Waals surface area contributed by atoms with Gasteiger partial charge in [-0.1, -0.05) is 6.07 Å². The SMILES string of the molecule is FC1(F)Oc2ccc3c(c2O1)C=CNC3. The van der Waals surface area contributed by atoms with Crippen molar-refractivity contribution in [2.24, 2.45) is 0 Å². The van der Waals surface area contributed by atoms with Crippen LogP contribution in [0, 0.1) is 0 Å². The molecule has 15 heavy (non-hydrogen) atoms. The number of nitrogens with one attached hydrogen (secondary N) is 1. The Balaban J connectivity index is 2.16. The highest BCUT2D eigenvalue weighted by atomic mass is 19.3. The van der Waals surface area contributed by atoms with Crippen LogP contribution in [-0.2, 0) is 6.54 Å². The molecule has 0 saturated heterocycles. The molecule has 0 atom stereocenters. The molecule has 1 aromatic carbocycles. The molecule has 0 fully saturated rings. The van der Waals surface area contributed by atoms with Gasteiger partial charge in [0.05, 0.1) is 0 Å². The molecule has 3 nitrogen and oxygen atoms in total. The lowest BCUT2D eigenvalue weighted by atomic mass is 10.0. The molecular weight excluding hydrogens is 204 g/mol. The lowest BCUT2D eigenvalue weighted by Crippen LogP contribution is -2.26. The maximum Gasteiger partial charge on any atom is 0.586 e. The van der Waals surface area contributed by atoms with E-state index in [2.05, 4.69) is 14.8 Å². The Morgan fingerprint density at radius 3 is 3.00 bits per heavy atom. The maximum absolute atomic E-state index is 12.8. The van der Waals surface area contributed by atoms with Crippen molar-refractivity contribution in [3.63, 3.8) is 0 Å². The van der Waals surface area contributed by atoms with Crippen molar-refractivity contribution in [3.05, 3.63) is 29.5 Å². The Morgan fingerprint density at radius 2 is 2.13 bits per heavy atom. The van der Waals surface area contributed by atoms with Crippen LogP contribution in [0.4, 0.5) is 8.78 Å². The number of fused-ring (bicyclic) bond motifs is 3. The van der Waals surface area contributed by atoms with Gasteiger partial charge in [-0.15, -0.1) is 8.78 Å². The first-order chi connectivity index (χ1) is 7.16. The third kappa shape index (κ3) is 1.23. The number of hydrogen-bond donors (Lipinski definition) is 1. The Hall–Kier alpha value is -1.78. The highest BCUT2D eigenvalue weighted by Crippen LogP contribution is 2.45. The zero-order valence-electron chi connectivity index (χ0n) is 7.59. The molecule has 0 amide bonds. The fraction of sp³-hybridized carbons (Fsp3) is 0.200. The summed E-state index contributed by atoms with van der Waals surface area (Å²) in [5.74, 6) is 0.209. The van der Waals surface area contributed by atoms with E-state index in [1.807, 2.05) is 0 Å². The first-order valence-electron chi connectivity index (χ1n) is 4.47. The van der Waals surface area contributed by atoms with Crippen molar-refractivity contribution in [1.82, 2.24) is 5.32 Å². The van der Waals surface area contributed by atoms with Gasteiger partial charge in [0.25, 0.3) is 0 Å². The summed E-state index contributed by atoms with van der Waals surface area (Å²) in [7, 11) is 0. The molecule has 3 rings (SSSR count). The smallest absolute Gasteiger partial charge is 0.395 e. The number of hydrogen-bond acceptors (Lipinski definition) is 3. The second kappa shape index (κ2) is 2.62. The van der Waals surface area contributed by atoms with E-state index in [1.165, 1.54) is 6.07 Å². The minimum absolute atomic E-state index is 0.0882. The van der Waals surface area contributed by atoms with Crippen molar-refractivity contribution >= 4 is 6.08 Å². The van der Waals surface area contributed by atoms with Crippen LogP contribution < -0.4 is 14.8 Å². The molecule has 0 aromatic heterocycles. The average Bonchev–Trinajstić information content (AvgIpc) is 2.52. The molecule has 78 valence electrons. The molecule has 5 heteroatoms. The molecule has 1 N–H and O–H groups in total. The van der Waals surface area contributed by atoms with Crippen molar-refractivity contribution in [2.45, 2.75) is 12.8 Å². The molecule has 0 spiro atoms. The summed E-state index contributed by atoms with van der Waals surface area (Å²) < 4.78 is 34.5. The van der Waals surface area contributed by atoms with E-state index >= 15 is 0 Å². The second-order valence-electron chi connectivity index (χ2n) is 3.35. The van der Waals surface area contributed by atoms with Crippen LogP contribution in [0.3, 0.4) is 0 Å². The van der Waals surface area contributed by atoms with E-state index in [9.17, 15) is 8.78 Å². The first kappa shape index (κ1) is 8.52. The zero-order valence-corrected chi connectivity index (χ0v) is 7.59. The monoisotopic (exact) mass is 211 g/mol. The molecule has 2 heterocycles. The lowest BCUT2D eigenvalue weighted by Gasteiger charge is -2.13. The summed E-state index contributed by atoms with van der Waals surface area (Å²) in [4.78, 5) is 0. The number of benzene rings is 1. The summed E-state index contributed by atoms with van der Waals surface area (Å²) in [5, 5.41) is 2.99. The van der Waals surface area contributed by atoms with Crippen LogP contribution in [0.1, 0.15) is 11.1 Å². The summed E-state index contributed by atoms with van der Waals surface area (Å²) in [5.41, 5.74) is 1.57. The molecule has 2 aliphatic heterocycles. The number of rotatable bonds is 0. The number of ether oxygens (including phenoxy) is 2. The Kier molecular flexibility index (Phi) is 1.49. The van der Waals surface area contributed by atoms with E-state index in [1.54, 1.807) is 18.3 Å². The fourth-order valence-electron chi connectivity index (χ4n) is 1.72. The van der Waals surface area contributed by atoms with Gasteiger partial charge in [0.1, 0.15) is 0 Å². The van der Waals surface area contributed by atoms with Crippen molar-refractivity contribution in [1.29, 1.82) is 0 Å². The first-order valence-corrected chi connectivity index (χ1v) is 4.47. The molecule has 1 aromatic rings. The maximum atomic E-state index is 12.8. The molecule has 0 unspecified atom stereocenters. The zero-order chi connectivity index (χ0) is 10.5. The Labute approximate surface area is 84.3 Å². The highest BCUT2D eigenvalue weighted by Gasteiger charge is 2.44. The lowest BCUT2D eigenvalue weighted by molar-refractivity contribution is -0.286. The van der Waals surface area contributed by atoms with Gasteiger partial charge >= 0.3 is 6.29 Å². The van der Waals surface area contributed by atoms with E-state index in [4.69, 9.17) is 0 Å². The van der Waals surface area contributed by atoms with Crippen molar-refractivity contribution in [3.8, 4) is 11.5 Å². The van der Waals surface area contributed by atoms with Crippen LogP contribution >= 0.6 is 0 Å². The van der Waals surface area contributed by atoms with E-state index in [0.29, 0.717) is 12.1 Å². The molecule has 0 saturated carbocycles. The van der Waals surface area contributed by atoms with Crippen molar-refractivity contribution < 1.29 is 18.3 Å². The summed E-state index contributed by atoms with van der Waals surface area (Å²) >= 11 is 0. The van der Waals surface area contributed by atoms with Gasteiger partial charge in [0.2, 0.25) is 0 Å². The van der Waals surface area contributed by atoms with Crippen molar-refractivity contribution in [2.75, 3.05) is 0 Å². The number of alkyl halides is 2. The minimum atomic E-state index is -3.55. The molecule has 0 aliphatic carbocycles. The van der Waals surface area contributed by atoms with Gasteiger partial charge < -0.3 is 14.8 Å². The van der Waals surface area contributed by atoms with E-state index < -0.39 is 6.29 Å². The summed E-state index contributed by atoms with van der Waals surface area (Å²) in [6, 6.07) is 3.24. The predicted molar refractivity (Wildman–Crippen MR) is 48.5 cm³/mol. The minimum Gasteiger partial charge on any atom is -0.395 e. The van der Waals surface area contributed by atoms with Crippen LogP contribution in [0.15, 0.2) is 18.3 Å². The van der Waals surface area contributed by atoms with Gasteiger partial charge in [-0.2, -0.15) is 0 Å². The normalized spacial score (nSPS) is 19.6. The van der Waals surface area contributed by atoms with Crippen LogP contribution in [0.2, 0.25) is 0 Å². The third-order valence-electron chi connectivity index (χ3n) is 2.36. The molecule has 2 aliphatic rings. The van der Waals surface area contributed by atoms with Gasteiger partial charge in [0, 0.05) is 12.1 Å². The van der Waals surface area contributed by atoms with Gasteiger partial charge in [-0.05, 0) is 23.9 Å². The third-order valence-corrected chi connectivity index (χ3v) is 2.36. The highest BCUT2D eigenvalue weighted by molar-refractivity contribution is 5.67. The van der Waals surface area contributed by atoms with Gasteiger partial charge in [0.15, 0.2) is 11.5 Å². The number of halogens is 2. The van der Waals surface area contributed by atoms with Crippen LogP contribution in [0.5, 0.6) is 11.5 Å². The summed E-state index contributed by atoms with van der Waals surface area (Å²) in [6.45, 7) is 0.605. The Morgan fingerprint density at radius 1 is 1.27 bits per heavy atom. The topological polar surface area (TPSA) is 30.5 Å². The molecular formula is C10H7F2NO2. The predicted octanol–water partition coefficient (Wildman–Crippen LogP) is 2.08. The Bertz CT molecular complexity index is 457. The fourth-order valence-corrected chi connectivity index (χ4v) is 1.72. The average molecular weight is 211 g/mol. The van der Waals surface area contributed by atoms with E-state index in [-0.39, 0.29) is 11.5 Å². The van der Waals surface area contributed by atoms with Crippen LogP contribution in [-0.4, -0.2) is 6.29 Å².